The molecule has 0 bridgehead atoms. The number of benzene rings is 1. The summed E-state index contributed by atoms with van der Waals surface area (Å²) in [5, 5.41) is 5.66. The van der Waals surface area contributed by atoms with Crippen molar-refractivity contribution in [2.24, 2.45) is 5.92 Å². The summed E-state index contributed by atoms with van der Waals surface area (Å²) in [6.07, 6.45) is -2.27. The molecule has 1 saturated carbocycles. The van der Waals surface area contributed by atoms with Crippen LogP contribution in [0.2, 0.25) is 0 Å². The van der Waals surface area contributed by atoms with Crippen LogP contribution in [0.1, 0.15) is 37.3 Å². The summed E-state index contributed by atoms with van der Waals surface area (Å²) < 4.78 is 39.4. The minimum atomic E-state index is -4.22. The quantitative estimate of drug-likeness (QED) is 0.878. The molecule has 114 valence electrons. The second-order valence-electron chi connectivity index (χ2n) is 5.72. The van der Waals surface area contributed by atoms with E-state index in [9.17, 15) is 18.0 Å². The lowest BCUT2D eigenvalue weighted by molar-refractivity contribution is -0.189. The van der Waals surface area contributed by atoms with Gasteiger partial charge in [-0.3, -0.25) is 10.1 Å². The number of alkyl halides is 3. The normalized spacial score (nSPS) is 29.1. The predicted molar refractivity (Wildman–Crippen MR) is 72.7 cm³/mol. The zero-order chi connectivity index (χ0) is 15.0. The van der Waals surface area contributed by atoms with Crippen molar-refractivity contribution in [3.63, 3.8) is 0 Å². The summed E-state index contributed by atoms with van der Waals surface area (Å²) in [4.78, 5) is 12.0. The molecule has 0 spiro atoms. The number of carbonyl (C=O) groups is 1. The van der Waals surface area contributed by atoms with E-state index in [1.165, 1.54) is 0 Å². The molecule has 2 aliphatic rings. The van der Waals surface area contributed by atoms with Gasteiger partial charge in [-0.05, 0) is 18.9 Å². The summed E-state index contributed by atoms with van der Waals surface area (Å²) in [5.41, 5.74) is 1.41. The molecule has 3 nitrogen and oxygen atoms in total. The van der Waals surface area contributed by atoms with Gasteiger partial charge in [0.2, 0.25) is 5.91 Å². The van der Waals surface area contributed by atoms with E-state index in [2.05, 4.69) is 10.6 Å². The van der Waals surface area contributed by atoms with Crippen molar-refractivity contribution in [3.05, 3.63) is 29.8 Å². The SMILES string of the molecule is O=C1Nc2ccccc2C1NC1CCCCC1C(F)(F)F. The molecule has 1 aliphatic carbocycles. The second-order valence-corrected chi connectivity index (χ2v) is 5.72. The minimum Gasteiger partial charge on any atom is -0.324 e. The zero-order valence-electron chi connectivity index (χ0n) is 11.4. The highest BCUT2D eigenvalue weighted by atomic mass is 19.4. The highest BCUT2D eigenvalue weighted by Crippen LogP contribution is 2.40. The third-order valence-electron chi connectivity index (χ3n) is 4.36. The van der Waals surface area contributed by atoms with E-state index >= 15 is 0 Å². The Labute approximate surface area is 120 Å². The highest BCUT2D eigenvalue weighted by molar-refractivity contribution is 6.02. The number of nitrogens with one attached hydrogen (secondary N) is 2. The molecular formula is C15H17F3N2O. The molecule has 0 radical (unpaired) electrons. The van der Waals surface area contributed by atoms with Crippen molar-refractivity contribution in [1.82, 2.24) is 5.32 Å². The van der Waals surface area contributed by atoms with Gasteiger partial charge >= 0.3 is 6.18 Å². The van der Waals surface area contributed by atoms with Crippen LogP contribution >= 0.6 is 0 Å². The topological polar surface area (TPSA) is 41.1 Å². The van der Waals surface area contributed by atoms with Crippen LogP contribution in [-0.2, 0) is 4.79 Å². The Morgan fingerprint density at radius 2 is 1.86 bits per heavy atom. The monoisotopic (exact) mass is 298 g/mol. The van der Waals surface area contributed by atoms with Crippen molar-refractivity contribution in [2.45, 2.75) is 43.9 Å². The molecule has 1 aromatic carbocycles. The molecule has 21 heavy (non-hydrogen) atoms. The van der Waals surface area contributed by atoms with Crippen LogP contribution in [-0.4, -0.2) is 18.1 Å². The molecule has 3 unspecified atom stereocenters. The molecular weight excluding hydrogens is 281 g/mol. The Bertz CT molecular complexity index is 544. The average Bonchev–Trinajstić information content (AvgIpc) is 2.75. The van der Waals surface area contributed by atoms with Crippen LogP contribution in [0.25, 0.3) is 0 Å². The minimum absolute atomic E-state index is 0.136. The van der Waals surface area contributed by atoms with Crippen LogP contribution in [0.15, 0.2) is 24.3 Å². The van der Waals surface area contributed by atoms with E-state index in [0.717, 1.165) is 12.0 Å². The lowest BCUT2D eigenvalue weighted by atomic mass is 9.83. The van der Waals surface area contributed by atoms with E-state index in [1.807, 2.05) is 0 Å². The number of rotatable bonds is 2. The highest BCUT2D eigenvalue weighted by Gasteiger charge is 2.47. The van der Waals surface area contributed by atoms with Crippen LogP contribution < -0.4 is 10.6 Å². The maximum Gasteiger partial charge on any atom is 0.393 e. The fraction of sp³-hybridized carbons (Fsp3) is 0.533. The number of anilines is 1. The van der Waals surface area contributed by atoms with E-state index < -0.39 is 24.2 Å². The number of hydrogen-bond donors (Lipinski definition) is 2. The predicted octanol–water partition coefficient (Wildman–Crippen LogP) is 3.39. The Kier molecular flexibility index (Phi) is 3.65. The molecule has 0 aromatic heterocycles. The zero-order valence-corrected chi connectivity index (χ0v) is 11.4. The Balaban J connectivity index is 1.80. The molecule has 3 rings (SSSR count). The number of carbonyl (C=O) groups excluding carboxylic acids is 1. The third kappa shape index (κ3) is 2.77. The maximum atomic E-state index is 13.1. The summed E-state index contributed by atoms with van der Waals surface area (Å²) in [6, 6.07) is 5.74. The molecule has 1 aromatic rings. The summed E-state index contributed by atoms with van der Waals surface area (Å²) in [5.74, 6) is -1.64. The molecule has 1 aliphatic heterocycles. The summed E-state index contributed by atoms with van der Waals surface area (Å²) >= 11 is 0. The maximum absolute atomic E-state index is 13.1. The largest absolute Gasteiger partial charge is 0.393 e. The van der Waals surface area contributed by atoms with Crippen molar-refractivity contribution < 1.29 is 18.0 Å². The van der Waals surface area contributed by atoms with Crippen LogP contribution in [0.3, 0.4) is 0 Å². The number of fused-ring (bicyclic) bond motifs is 1. The third-order valence-corrected chi connectivity index (χ3v) is 4.36. The van der Waals surface area contributed by atoms with E-state index in [4.69, 9.17) is 0 Å². The smallest absolute Gasteiger partial charge is 0.324 e. The van der Waals surface area contributed by atoms with Crippen molar-refractivity contribution >= 4 is 11.6 Å². The van der Waals surface area contributed by atoms with E-state index in [1.54, 1.807) is 24.3 Å². The fourth-order valence-electron chi connectivity index (χ4n) is 3.31. The van der Waals surface area contributed by atoms with Gasteiger partial charge in [-0.2, -0.15) is 13.2 Å². The van der Waals surface area contributed by atoms with Gasteiger partial charge in [0, 0.05) is 17.3 Å². The first-order chi connectivity index (χ1) is 9.97. The van der Waals surface area contributed by atoms with E-state index in [-0.39, 0.29) is 12.3 Å². The van der Waals surface area contributed by atoms with Crippen LogP contribution in [0, 0.1) is 5.92 Å². The molecule has 6 heteroatoms. The van der Waals surface area contributed by atoms with Gasteiger partial charge < -0.3 is 5.32 Å². The summed E-state index contributed by atoms with van der Waals surface area (Å²) in [6.45, 7) is 0. The lowest BCUT2D eigenvalue weighted by Gasteiger charge is -2.35. The molecule has 0 saturated heterocycles. The number of amides is 1. The molecule has 2 N–H and O–H groups in total. The fourth-order valence-corrected chi connectivity index (χ4v) is 3.31. The van der Waals surface area contributed by atoms with Crippen LogP contribution in [0.4, 0.5) is 18.9 Å². The van der Waals surface area contributed by atoms with Gasteiger partial charge in [-0.25, -0.2) is 0 Å². The van der Waals surface area contributed by atoms with Gasteiger partial charge in [-0.15, -0.1) is 0 Å². The first kappa shape index (κ1) is 14.4. The van der Waals surface area contributed by atoms with Crippen molar-refractivity contribution in [2.75, 3.05) is 5.32 Å². The van der Waals surface area contributed by atoms with Gasteiger partial charge in [0.25, 0.3) is 0 Å². The summed E-state index contributed by atoms with van der Waals surface area (Å²) in [7, 11) is 0. The Morgan fingerprint density at radius 1 is 1.14 bits per heavy atom. The number of halogens is 3. The van der Waals surface area contributed by atoms with Gasteiger partial charge in [-0.1, -0.05) is 31.0 Å². The van der Waals surface area contributed by atoms with Crippen LogP contribution in [0.5, 0.6) is 0 Å². The van der Waals surface area contributed by atoms with Gasteiger partial charge in [0.05, 0.1) is 5.92 Å². The Hall–Kier alpha value is -1.56. The first-order valence-electron chi connectivity index (χ1n) is 7.19. The number of hydrogen-bond acceptors (Lipinski definition) is 2. The molecule has 1 fully saturated rings. The van der Waals surface area contributed by atoms with E-state index in [0.29, 0.717) is 18.5 Å². The standard InChI is InChI=1S/C15H17F3N2O/c16-15(17,18)10-6-2-4-8-12(10)19-13-9-5-1-3-7-11(9)20-14(13)21/h1,3,5,7,10,12-13,19H,2,4,6,8H2,(H,20,21). The number of para-hydroxylation sites is 1. The lowest BCUT2D eigenvalue weighted by Crippen LogP contribution is -2.47. The van der Waals surface area contributed by atoms with Gasteiger partial charge in [0.1, 0.15) is 6.04 Å². The van der Waals surface area contributed by atoms with Crippen molar-refractivity contribution in [3.8, 4) is 0 Å². The van der Waals surface area contributed by atoms with Gasteiger partial charge in [0.15, 0.2) is 0 Å². The Morgan fingerprint density at radius 3 is 2.62 bits per heavy atom. The average molecular weight is 298 g/mol. The van der Waals surface area contributed by atoms with Crippen molar-refractivity contribution in [1.29, 1.82) is 0 Å². The first-order valence-corrected chi connectivity index (χ1v) is 7.19. The molecule has 3 atom stereocenters. The molecule has 1 amide bonds. The second kappa shape index (κ2) is 5.33. The molecule has 1 heterocycles.